The Balaban J connectivity index is 1.66. The molecule has 3 rings (SSSR count). The Kier molecular flexibility index (Phi) is 3.96. The minimum Gasteiger partial charge on any atom is -0.381 e. The Labute approximate surface area is 131 Å². The summed E-state index contributed by atoms with van der Waals surface area (Å²) < 4.78 is 2.76. The van der Waals surface area contributed by atoms with Gasteiger partial charge in [0.25, 0.3) is 0 Å². The van der Waals surface area contributed by atoms with E-state index < -0.39 is 0 Å². The largest absolute Gasteiger partial charge is 0.381 e. The molecule has 2 aromatic carbocycles. The van der Waals surface area contributed by atoms with E-state index >= 15 is 0 Å². The van der Waals surface area contributed by atoms with E-state index in [0.717, 1.165) is 22.4 Å². The predicted octanol–water partition coefficient (Wildman–Crippen LogP) is 3.35. The summed E-state index contributed by atoms with van der Waals surface area (Å²) >= 11 is 3.55. The summed E-state index contributed by atoms with van der Waals surface area (Å²) in [5.41, 5.74) is 4.47. The van der Waals surface area contributed by atoms with Crippen molar-refractivity contribution < 1.29 is 0 Å². The van der Waals surface area contributed by atoms with Crippen molar-refractivity contribution in [3.05, 3.63) is 64.4 Å². The van der Waals surface area contributed by atoms with Gasteiger partial charge in [-0.15, -0.1) is 5.10 Å². The molecule has 0 saturated heterocycles. The molecule has 106 valence electrons. The van der Waals surface area contributed by atoms with Gasteiger partial charge in [-0.2, -0.15) is 0 Å². The van der Waals surface area contributed by atoms with Crippen molar-refractivity contribution in [1.29, 1.82) is 0 Å². The van der Waals surface area contributed by atoms with Crippen LogP contribution in [0, 0.1) is 6.92 Å². The number of tetrazole rings is 1. The standard InChI is InChI=1S/C15H14BrN5/c1-11-2-3-12(8-15(11)16)9-17-13-4-6-14(7-5-13)21-10-18-19-20-21/h2-8,10,17H,9H2,1H3. The maximum atomic E-state index is 3.86. The molecular formula is C15H14BrN5. The summed E-state index contributed by atoms with van der Waals surface area (Å²) in [7, 11) is 0. The predicted molar refractivity (Wildman–Crippen MR) is 85.4 cm³/mol. The number of hydrogen-bond acceptors (Lipinski definition) is 4. The van der Waals surface area contributed by atoms with Crippen LogP contribution in [-0.2, 0) is 6.54 Å². The van der Waals surface area contributed by atoms with Crippen LogP contribution in [0.3, 0.4) is 0 Å². The van der Waals surface area contributed by atoms with E-state index in [1.165, 1.54) is 11.1 Å². The number of halogens is 1. The second kappa shape index (κ2) is 6.05. The molecule has 0 aliphatic rings. The number of aryl methyl sites for hydroxylation is 1. The molecule has 3 aromatic rings. The first kappa shape index (κ1) is 13.8. The minimum atomic E-state index is 0.781. The molecule has 1 heterocycles. The fraction of sp³-hybridized carbons (Fsp3) is 0.133. The Morgan fingerprint density at radius 2 is 1.95 bits per heavy atom. The lowest BCUT2D eigenvalue weighted by atomic mass is 10.1. The van der Waals surface area contributed by atoms with Crippen molar-refractivity contribution in [3.63, 3.8) is 0 Å². The Morgan fingerprint density at radius 3 is 2.62 bits per heavy atom. The van der Waals surface area contributed by atoms with Gasteiger partial charge in [0.1, 0.15) is 6.33 Å². The average Bonchev–Trinajstić information content (AvgIpc) is 3.03. The van der Waals surface area contributed by atoms with Gasteiger partial charge in [-0.1, -0.05) is 28.1 Å². The highest BCUT2D eigenvalue weighted by Crippen LogP contribution is 2.19. The number of benzene rings is 2. The molecular weight excluding hydrogens is 330 g/mol. The van der Waals surface area contributed by atoms with Crippen LogP contribution in [0.1, 0.15) is 11.1 Å². The summed E-state index contributed by atoms with van der Waals surface area (Å²) in [6.45, 7) is 2.86. The molecule has 0 radical (unpaired) electrons. The molecule has 0 aliphatic carbocycles. The topological polar surface area (TPSA) is 55.6 Å². The van der Waals surface area contributed by atoms with Crippen LogP contribution in [-0.4, -0.2) is 20.2 Å². The lowest BCUT2D eigenvalue weighted by Gasteiger charge is -2.08. The SMILES string of the molecule is Cc1ccc(CNc2ccc(-n3cnnn3)cc2)cc1Br. The zero-order valence-corrected chi connectivity index (χ0v) is 13.1. The lowest BCUT2D eigenvalue weighted by molar-refractivity contribution is 0.789. The van der Waals surface area contributed by atoms with E-state index in [4.69, 9.17) is 0 Å². The van der Waals surface area contributed by atoms with Crippen LogP contribution in [0.5, 0.6) is 0 Å². The summed E-state index contributed by atoms with van der Waals surface area (Å²) in [5.74, 6) is 0. The Bertz CT molecular complexity index is 722. The first-order valence-electron chi connectivity index (χ1n) is 6.55. The van der Waals surface area contributed by atoms with Gasteiger partial charge >= 0.3 is 0 Å². The van der Waals surface area contributed by atoms with Crippen molar-refractivity contribution in [1.82, 2.24) is 20.2 Å². The third kappa shape index (κ3) is 3.28. The lowest BCUT2D eigenvalue weighted by Crippen LogP contribution is -2.00. The zero-order chi connectivity index (χ0) is 14.7. The summed E-state index contributed by atoms with van der Waals surface area (Å²) in [6, 6.07) is 14.4. The number of aromatic nitrogens is 4. The van der Waals surface area contributed by atoms with Crippen LogP contribution in [0.15, 0.2) is 53.3 Å². The fourth-order valence-electron chi connectivity index (χ4n) is 1.96. The maximum Gasteiger partial charge on any atom is 0.143 e. The van der Waals surface area contributed by atoms with Gasteiger partial charge in [-0.25, -0.2) is 4.68 Å². The molecule has 0 spiro atoms. The molecule has 0 atom stereocenters. The van der Waals surface area contributed by atoms with Crippen molar-refractivity contribution >= 4 is 21.6 Å². The van der Waals surface area contributed by atoms with Crippen molar-refractivity contribution in [2.24, 2.45) is 0 Å². The highest BCUT2D eigenvalue weighted by atomic mass is 79.9. The van der Waals surface area contributed by atoms with Gasteiger partial charge in [0, 0.05) is 16.7 Å². The van der Waals surface area contributed by atoms with Crippen LogP contribution >= 0.6 is 15.9 Å². The highest BCUT2D eigenvalue weighted by molar-refractivity contribution is 9.10. The molecule has 1 aromatic heterocycles. The van der Waals surface area contributed by atoms with Crippen LogP contribution in [0.25, 0.3) is 5.69 Å². The molecule has 0 fully saturated rings. The van der Waals surface area contributed by atoms with Crippen molar-refractivity contribution in [3.8, 4) is 5.69 Å². The highest BCUT2D eigenvalue weighted by Gasteiger charge is 2.00. The smallest absolute Gasteiger partial charge is 0.143 e. The zero-order valence-electron chi connectivity index (χ0n) is 11.5. The van der Waals surface area contributed by atoms with Gasteiger partial charge in [0.2, 0.25) is 0 Å². The van der Waals surface area contributed by atoms with Crippen LogP contribution < -0.4 is 5.32 Å². The quantitative estimate of drug-likeness (QED) is 0.789. The second-order valence-corrected chi connectivity index (χ2v) is 5.59. The third-order valence-electron chi connectivity index (χ3n) is 3.21. The number of nitrogens with zero attached hydrogens (tertiary/aromatic N) is 4. The Hall–Kier alpha value is -2.21. The van der Waals surface area contributed by atoms with E-state index in [1.807, 2.05) is 24.3 Å². The average molecular weight is 344 g/mol. The van der Waals surface area contributed by atoms with Gasteiger partial charge in [-0.3, -0.25) is 0 Å². The first-order chi connectivity index (χ1) is 10.2. The normalized spacial score (nSPS) is 10.6. The first-order valence-corrected chi connectivity index (χ1v) is 7.34. The molecule has 5 nitrogen and oxygen atoms in total. The van der Waals surface area contributed by atoms with Gasteiger partial charge in [0.05, 0.1) is 5.69 Å². The third-order valence-corrected chi connectivity index (χ3v) is 4.07. The number of hydrogen-bond donors (Lipinski definition) is 1. The van der Waals surface area contributed by atoms with Crippen molar-refractivity contribution in [2.75, 3.05) is 5.32 Å². The van der Waals surface area contributed by atoms with E-state index in [2.05, 4.69) is 61.9 Å². The monoisotopic (exact) mass is 343 g/mol. The Morgan fingerprint density at radius 1 is 1.14 bits per heavy atom. The van der Waals surface area contributed by atoms with E-state index in [-0.39, 0.29) is 0 Å². The van der Waals surface area contributed by atoms with Crippen LogP contribution in [0.4, 0.5) is 5.69 Å². The van der Waals surface area contributed by atoms with Gasteiger partial charge < -0.3 is 5.32 Å². The summed E-state index contributed by atoms with van der Waals surface area (Å²) in [4.78, 5) is 0. The van der Waals surface area contributed by atoms with E-state index in [1.54, 1.807) is 11.0 Å². The molecule has 0 bridgehead atoms. The molecule has 0 aliphatic heterocycles. The molecule has 0 unspecified atom stereocenters. The molecule has 1 N–H and O–H groups in total. The fourth-order valence-corrected chi connectivity index (χ4v) is 2.39. The number of rotatable bonds is 4. The summed E-state index contributed by atoms with van der Waals surface area (Å²) in [5, 5.41) is 14.5. The van der Waals surface area contributed by atoms with E-state index in [0.29, 0.717) is 0 Å². The maximum absolute atomic E-state index is 3.86. The second-order valence-electron chi connectivity index (χ2n) is 4.74. The summed E-state index contributed by atoms with van der Waals surface area (Å²) in [6.07, 6.45) is 1.58. The molecule has 21 heavy (non-hydrogen) atoms. The van der Waals surface area contributed by atoms with Crippen molar-refractivity contribution in [2.45, 2.75) is 13.5 Å². The minimum absolute atomic E-state index is 0.781. The molecule has 0 amide bonds. The van der Waals surface area contributed by atoms with Gasteiger partial charge in [0.15, 0.2) is 0 Å². The molecule has 6 heteroatoms. The van der Waals surface area contributed by atoms with E-state index in [9.17, 15) is 0 Å². The number of nitrogens with one attached hydrogen (secondary N) is 1. The number of anilines is 1. The van der Waals surface area contributed by atoms with Gasteiger partial charge in [-0.05, 0) is 58.8 Å². The molecule has 0 saturated carbocycles. The van der Waals surface area contributed by atoms with Crippen LogP contribution in [0.2, 0.25) is 0 Å².